The van der Waals surface area contributed by atoms with Crippen molar-refractivity contribution in [2.24, 2.45) is 0 Å². The Morgan fingerprint density at radius 3 is 3.11 bits per heavy atom. The van der Waals surface area contributed by atoms with Gasteiger partial charge < -0.3 is 5.32 Å². The molecule has 0 unspecified atom stereocenters. The molecule has 2 aliphatic rings. The largest absolute Gasteiger partial charge is 0.300 e. The summed E-state index contributed by atoms with van der Waals surface area (Å²) in [5, 5.41) is 3.48. The molecule has 0 aromatic carbocycles. The molecule has 2 aliphatic heterocycles. The van der Waals surface area contributed by atoms with Gasteiger partial charge in [-0.2, -0.15) is 0 Å². The van der Waals surface area contributed by atoms with E-state index in [1.165, 1.54) is 38.9 Å². The quantitative estimate of drug-likeness (QED) is 0.505. The second-order valence-corrected chi connectivity index (χ2v) is 3.00. The Kier molecular flexibility index (Phi) is 1.44. The highest BCUT2D eigenvalue weighted by Crippen LogP contribution is 2.16. The summed E-state index contributed by atoms with van der Waals surface area (Å²) in [7, 11) is 0. The monoisotopic (exact) mass is 126 g/mol. The Bertz CT molecular complexity index is 91.1. The smallest absolute Gasteiger partial charge is 0.0597 e. The summed E-state index contributed by atoms with van der Waals surface area (Å²) in [5.41, 5.74) is 0. The van der Waals surface area contributed by atoms with Crippen LogP contribution in [0.1, 0.15) is 19.3 Å². The van der Waals surface area contributed by atoms with Crippen molar-refractivity contribution in [2.75, 3.05) is 19.6 Å². The van der Waals surface area contributed by atoms with Gasteiger partial charge in [-0.1, -0.05) is 0 Å². The van der Waals surface area contributed by atoms with Crippen LogP contribution in [0.5, 0.6) is 0 Å². The molecular weight excluding hydrogens is 112 g/mol. The van der Waals surface area contributed by atoms with Crippen molar-refractivity contribution < 1.29 is 0 Å². The molecule has 2 heterocycles. The average Bonchev–Trinajstić information content (AvgIpc) is 2.33. The topological polar surface area (TPSA) is 15.3 Å². The van der Waals surface area contributed by atoms with Crippen molar-refractivity contribution in [3.8, 4) is 0 Å². The average molecular weight is 126 g/mol. The Balaban J connectivity index is 1.97. The van der Waals surface area contributed by atoms with Crippen LogP contribution in [0.2, 0.25) is 0 Å². The van der Waals surface area contributed by atoms with E-state index in [9.17, 15) is 0 Å². The highest BCUT2D eigenvalue weighted by Gasteiger charge is 2.25. The lowest BCUT2D eigenvalue weighted by Gasteiger charge is -2.28. The Morgan fingerprint density at radius 2 is 2.22 bits per heavy atom. The zero-order valence-electron chi connectivity index (χ0n) is 5.77. The molecule has 2 fully saturated rings. The molecule has 9 heavy (non-hydrogen) atoms. The van der Waals surface area contributed by atoms with Crippen molar-refractivity contribution >= 4 is 0 Å². The number of piperidine rings is 1. The van der Waals surface area contributed by atoms with Crippen LogP contribution in [0.15, 0.2) is 0 Å². The molecule has 0 spiro atoms. The maximum atomic E-state index is 3.48. The standard InChI is InChI=1S/C7H14N2/c1-2-5-9-6-4-8-7(9)3-1/h7-8H,1-6H2/t7-/m1/s1. The van der Waals surface area contributed by atoms with Gasteiger partial charge in [0, 0.05) is 13.1 Å². The number of fused-ring (bicyclic) bond motifs is 1. The highest BCUT2D eigenvalue weighted by atomic mass is 15.3. The predicted octanol–water partition coefficient (Wildman–Crippen LogP) is 0.402. The van der Waals surface area contributed by atoms with Crippen molar-refractivity contribution in [1.29, 1.82) is 0 Å². The Morgan fingerprint density at radius 1 is 1.22 bits per heavy atom. The summed E-state index contributed by atoms with van der Waals surface area (Å²) in [5.74, 6) is 0. The van der Waals surface area contributed by atoms with Crippen LogP contribution < -0.4 is 5.32 Å². The van der Waals surface area contributed by atoms with E-state index in [0.717, 1.165) is 6.17 Å². The van der Waals surface area contributed by atoms with Crippen LogP contribution in [0.25, 0.3) is 0 Å². The maximum absolute atomic E-state index is 3.48. The van der Waals surface area contributed by atoms with Crippen LogP contribution in [0.4, 0.5) is 0 Å². The van der Waals surface area contributed by atoms with Gasteiger partial charge in [-0.05, 0) is 25.8 Å². The molecule has 2 heteroatoms. The first-order chi connectivity index (χ1) is 4.47. The number of rotatable bonds is 0. The van der Waals surface area contributed by atoms with Crippen LogP contribution in [-0.4, -0.2) is 30.7 Å². The third-order valence-electron chi connectivity index (χ3n) is 2.39. The van der Waals surface area contributed by atoms with E-state index in [1.807, 2.05) is 0 Å². The van der Waals surface area contributed by atoms with E-state index < -0.39 is 0 Å². The summed E-state index contributed by atoms with van der Waals surface area (Å²) in [4.78, 5) is 2.56. The highest BCUT2D eigenvalue weighted by molar-refractivity contribution is 4.80. The molecule has 0 aromatic heterocycles. The number of nitrogens with zero attached hydrogens (tertiary/aromatic N) is 1. The molecule has 52 valence electrons. The van der Waals surface area contributed by atoms with Gasteiger partial charge in [-0.3, -0.25) is 4.90 Å². The molecule has 2 rings (SSSR count). The Hall–Kier alpha value is -0.0800. The number of nitrogens with one attached hydrogen (secondary N) is 1. The number of hydrogen-bond donors (Lipinski definition) is 1. The predicted molar refractivity (Wildman–Crippen MR) is 37.2 cm³/mol. The Labute approximate surface area is 56.2 Å². The van der Waals surface area contributed by atoms with Crippen molar-refractivity contribution in [1.82, 2.24) is 10.2 Å². The van der Waals surface area contributed by atoms with Gasteiger partial charge in [-0.15, -0.1) is 0 Å². The van der Waals surface area contributed by atoms with E-state index in [1.54, 1.807) is 0 Å². The van der Waals surface area contributed by atoms with E-state index in [0.29, 0.717) is 0 Å². The lowest BCUT2D eigenvalue weighted by atomic mass is 10.1. The third-order valence-corrected chi connectivity index (χ3v) is 2.39. The molecule has 0 radical (unpaired) electrons. The van der Waals surface area contributed by atoms with Crippen LogP contribution >= 0.6 is 0 Å². The van der Waals surface area contributed by atoms with E-state index in [-0.39, 0.29) is 0 Å². The van der Waals surface area contributed by atoms with E-state index in [2.05, 4.69) is 10.2 Å². The van der Waals surface area contributed by atoms with Gasteiger partial charge in [0.05, 0.1) is 6.17 Å². The lowest BCUT2D eigenvalue weighted by Crippen LogP contribution is -2.39. The second-order valence-electron chi connectivity index (χ2n) is 3.00. The van der Waals surface area contributed by atoms with Crippen molar-refractivity contribution in [2.45, 2.75) is 25.4 Å². The molecular formula is C7H14N2. The molecule has 2 nitrogen and oxygen atoms in total. The first-order valence-electron chi connectivity index (χ1n) is 3.94. The van der Waals surface area contributed by atoms with Crippen LogP contribution in [0, 0.1) is 0 Å². The molecule has 0 amide bonds. The van der Waals surface area contributed by atoms with Gasteiger partial charge in [0.1, 0.15) is 0 Å². The van der Waals surface area contributed by atoms with Crippen molar-refractivity contribution in [3.05, 3.63) is 0 Å². The van der Waals surface area contributed by atoms with Gasteiger partial charge in [0.25, 0.3) is 0 Å². The first-order valence-corrected chi connectivity index (χ1v) is 3.94. The summed E-state index contributed by atoms with van der Waals surface area (Å²) >= 11 is 0. The molecule has 1 atom stereocenters. The molecule has 2 saturated heterocycles. The fourth-order valence-electron chi connectivity index (χ4n) is 1.86. The molecule has 0 saturated carbocycles. The fraction of sp³-hybridized carbons (Fsp3) is 1.00. The van der Waals surface area contributed by atoms with Gasteiger partial charge in [0.2, 0.25) is 0 Å². The summed E-state index contributed by atoms with van der Waals surface area (Å²) in [6, 6.07) is 0. The SMILES string of the molecule is C1CCN2CCN[C@H]2C1. The van der Waals surface area contributed by atoms with Gasteiger partial charge in [0.15, 0.2) is 0 Å². The minimum absolute atomic E-state index is 0.749. The molecule has 0 bridgehead atoms. The van der Waals surface area contributed by atoms with E-state index >= 15 is 0 Å². The zero-order valence-corrected chi connectivity index (χ0v) is 5.77. The van der Waals surface area contributed by atoms with Crippen LogP contribution in [-0.2, 0) is 0 Å². The molecule has 0 aliphatic carbocycles. The first kappa shape index (κ1) is 5.69. The van der Waals surface area contributed by atoms with Gasteiger partial charge in [-0.25, -0.2) is 0 Å². The minimum Gasteiger partial charge on any atom is -0.300 e. The normalized spacial score (nSPS) is 36.7. The minimum atomic E-state index is 0.749. The van der Waals surface area contributed by atoms with Gasteiger partial charge >= 0.3 is 0 Å². The van der Waals surface area contributed by atoms with E-state index in [4.69, 9.17) is 0 Å². The fourth-order valence-corrected chi connectivity index (χ4v) is 1.86. The van der Waals surface area contributed by atoms with Crippen LogP contribution in [0.3, 0.4) is 0 Å². The third kappa shape index (κ3) is 0.970. The zero-order chi connectivity index (χ0) is 6.10. The second kappa shape index (κ2) is 2.27. The molecule has 0 aromatic rings. The summed E-state index contributed by atoms with van der Waals surface area (Å²) < 4.78 is 0. The molecule has 1 N–H and O–H groups in total. The summed E-state index contributed by atoms with van der Waals surface area (Å²) in [6.45, 7) is 3.83. The van der Waals surface area contributed by atoms with Crippen molar-refractivity contribution in [3.63, 3.8) is 0 Å². The summed E-state index contributed by atoms with van der Waals surface area (Å²) in [6.07, 6.45) is 4.96. The number of hydrogen-bond acceptors (Lipinski definition) is 2. The lowest BCUT2D eigenvalue weighted by molar-refractivity contribution is 0.186. The maximum Gasteiger partial charge on any atom is 0.0597 e.